The number of piperazine rings is 1. The summed E-state index contributed by atoms with van der Waals surface area (Å²) in [5, 5.41) is 12.2. The van der Waals surface area contributed by atoms with Crippen molar-refractivity contribution >= 4 is 29.3 Å². The quantitative estimate of drug-likeness (QED) is 0.788. The van der Waals surface area contributed by atoms with Gasteiger partial charge in [-0.25, -0.2) is 0 Å². The summed E-state index contributed by atoms with van der Waals surface area (Å²) in [6, 6.07) is 17.0. The summed E-state index contributed by atoms with van der Waals surface area (Å²) in [4.78, 5) is 17.2. The summed E-state index contributed by atoms with van der Waals surface area (Å²) in [6.45, 7) is 6.39. The molecule has 0 radical (unpaired) electrons. The molecule has 1 aliphatic rings. The predicted molar refractivity (Wildman–Crippen MR) is 118 cm³/mol. The molecule has 1 N–H and O–H groups in total. The van der Waals surface area contributed by atoms with Gasteiger partial charge in [0.15, 0.2) is 0 Å². The molecule has 1 aliphatic heterocycles. The lowest BCUT2D eigenvalue weighted by atomic mass is 10.2. The highest BCUT2D eigenvalue weighted by Gasteiger charge is 2.25. The molecule has 1 heterocycles. The van der Waals surface area contributed by atoms with Crippen LogP contribution in [0.1, 0.15) is 18.1 Å². The van der Waals surface area contributed by atoms with Gasteiger partial charge in [-0.1, -0.05) is 54.1 Å². The van der Waals surface area contributed by atoms with E-state index in [1.54, 1.807) is 18.2 Å². The van der Waals surface area contributed by atoms with Crippen molar-refractivity contribution < 1.29 is 4.79 Å². The molecule has 150 valence electrons. The maximum Gasteiger partial charge on any atom is 0.241 e. The van der Waals surface area contributed by atoms with E-state index >= 15 is 0 Å². The average molecular weight is 409 g/mol. The fourth-order valence-corrected chi connectivity index (χ4v) is 3.55. The molecule has 0 unspecified atom stereocenters. The summed E-state index contributed by atoms with van der Waals surface area (Å²) in [5.74, 6) is -0.0665. The highest BCUT2D eigenvalue weighted by atomic mass is 35.5. The Kier molecular flexibility index (Phi) is 7.42. The molecule has 1 atom stereocenters. The molecule has 0 spiro atoms. The van der Waals surface area contributed by atoms with Crippen LogP contribution in [0.2, 0.25) is 5.02 Å². The van der Waals surface area contributed by atoms with Crippen molar-refractivity contribution in [1.82, 2.24) is 9.80 Å². The van der Waals surface area contributed by atoms with Gasteiger partial charge in [-0.3, -0.25) is 14.6 Å². The van der Waals surface area contributed by atoms with E-state index in [1.807, 2.05) is 31.2 Å². The molecule has 1 amide bonds. The smallest absolute Gasteiger partial charge is 0.241 e. The zero-order valence-corrected chi connectivity index (χ0v) is 17.3. The van der Waals surface area contributed by atoms with Crippen molar-refractivity contribution in [2.75, 3.05) is 38.0 Å². The number of nitriles is 1. The normalized spacial score (nSPS) is 16.4. The lowest BCUT2D eigenvalue weighted by Crippen LogP contribution is -2.52. The van der Waals surface area contributed by atoms with E-state index in [0.717, 1.165) is 32.7 Å². The van der Waals surface area contributed by atoms with E-state index < -0.39 is 0 Å². The minimum absolute atomic E-state index is 0.0665. The van der Waals surface area contributed by atoms with Gasteiger partial charge in [0.2, 0.25) is 5.91 Å². The van der Waals surface area contributed by atoms with Crippen LogP contribution >= 0.6 is 11.6 Å². The van der Waals surface area contributed by atoms with Crippen LogP contribution in [0.15, 0.2) is 54.6 Å². The fourth-order valence-electron chi connectivity index (χ4n) is 3.33. The van der Waals surface area contributed by atoms with Crippen LogP contribution < -0.4 is 5.32 Å². The van der Waals surface area contributed by atoms with Crippen molar-refractivity contribution in [2.24, 2.45) is 0 Å². The molecule has 0 aromatic heterocycles. The summed E-state index contributed by atoms with van der Waals surface area (Å²) in [6.07, 6.45) is 4.33. The van der Waals surface area contributed by atoms with Gasteiger partial charge in [0.25, 0.3) is 0 Å². The Morgan fingerprint density at radius 3 is 2.59 bits per heavy atom. The maximum absolute atomic E-state index is 12.6. The van der Waals surface area contributed by atoms with E-state index in [9.17, 15) is 4.79 Å². The van der Waals surface area contributed by atoms with Crippen LogP contribution in [0.5, 0.6) is 0 Å². The number of benzene rings is 2. The van der Waals surface area contributed by atoms with Crippen molar-refractivity contribution in [2.45, 2.75) is 13.0 Å². The molecule has 5 nitrogen and oxygen atoms in total. The molecule has 0 saturated carbocycles. The highest BCUT2D eigenvalue weighted by molar-refractivity contribution is 6.32. The first-order valence-corrected chi connectivity index (χ1v) is 10.1. The van der Waals surface area contributed by atoms with Crippen molar-refractivity contribution in [3.8, 4) is 6.07 Å². The zero-order chi connectivity index (χ0) is 20.6. The Balaban J connectivity index is 1.46. The number of rotatable bonds is 6. The second-order valence-electron chi connectivity index (χ2n) is 7.12. The second kappa shape index (κ2) is 10.2. The summed E-state index contributed by atoms with van der Waals surface area (Å²) >= 11 is 6.04. The Morgan fingerprint density at radius 2 is 1.93 bits per heavy atom. The third kappa shape index (κ3) is 5.91. The van der Waals surface area contributed by atoms with Crippen LogP contribution in [0, 0.1) is 11.3 Å². The minimum atomic E-state index is -0.230. The molecule has 2 aromatic carbocycles. The average Bonchev–Trinajstić information content (AvgIpc) is 2.74. The largest absolute Gasteiger partial charge is 0.325 e. The number of hydrogen-bond donors (Lipinski definition) is 1. The maximum atomic E-state index is 12.6. The first-order chi connectivity index (χ1) is 14.1. The van der Waals surface area contributed by atoms with Gasteiger partial charge in [0, 0.05) is 38.4 Å². The van der Waals surface area contributed by atoms with Crippen LogP contribution in [-0.4, -0.2) is 54.5 Å². The second-order valence-corrected chi connectivity index (χ2v) is 7.53. The lowest BCUT2D eigenvalue weighted by molar-refractivity contribution is -0.121. The minimum Gasteiger partial charge on any atom is -0.325 e. The first kappa shape index (κ1) is 21.1. The van der Waals surface area contributed by atoms with E-state index in [0.29, 0.717) is 16.3 Å². The van der Waals surface area contributed by atoms with Gasteiger partial charge in [0.1, 0.15) is 6.07 Å². The summed E-state index contributed by atoms with van der Waals surface area (Å²) in [7, 11) is 0. The van der Waals surface area contributed by atoms with Crippen LogP contribution in [-0.2, 0) is 4.79 Å². The molecular weight excluding hydrogens is 384 g/mol. The van der Waals surface area contributed by atoms with Crippen LogP contribution in [0.25, 0.3) is 6.08 Å². The highest BCUT2D eigenvalue weighted by Crippen LogP contribution is 2.20. The number of nitrogens with zero attached hydrogens (tertiary/aromatic N) is 3. The Labute approximate surface area is 177 Å². The van der Waals surface area contributed by atoms with Crippen LogP contribution in [0.3, 0.4) is 0 Å². The third-order valence-corrected chi connectivity index (χ3v) is 5.48. The Morgan fingerprint density at radius 1 is 1.21 bits per heavy atom. The number of hydrogen-bond acceptors (Lipinski definition) is 4. The van der Waals surface area contributed by atoms with Gasteiger partial charge in [-0.2, -0.15) is 5.26 Å². The zero-order valence-electron chi connectivity index (χ0n) is 16.5. The van der Waals surface area contributed by atoms with E-state index in [1.165, 1.54) is 5.56 Å². The molecule has 6 heteroatoms. The lowest BCUT2D eigenvalue weighted by Gasteiger charge is -2.37. The summed E-state index contributed by atoms with van der Waals surface area (Å²) < 4.78 is 0. The van der Waals surface area contributed by atoms with Gasteiger partial charge in [-0.05, 0) is 30.7 Å². The third-order valence-electron chi connectivity index (χ3n) is 5.16. The fraction of sp³-hybridized carbons (Fsp3) is 0.304. The van der Waals surface area contributed by atoms with Crippen molar-refractivity contribution in [3.05, 3.63) is 70.8 Å². The van der Waals surface area contributed by atoms with E-state index in [4.69, 9.17) is 16.9 Å². The number of anilines is 1. The van der Waals surface area contributed by atoms with Gasteiger partial charge in [0.05, 0.1) is 16.6 Å². The van der Waals surface area contributed by atoms with Crippen molar-refractivity contribution in [1.29, 1.82) is 5.26 Å². The van der Waals surface area contributed by atoms with E-state index in [2.05, 4.69) is 39.4 Å². The van der Waals surface area contributed by atoms with Gasteiger partial charge >= 0.3 is 0 Å². The molecule has 1 fully saturated rings. The standard InChI is InChI=1S/C23H25ClN4O/c1-18(23(29)26-21-10-9-20(17-25)22(24)16-21)28-14-12-27(13-15-28)11-5-8-19-6-3-2-4-7-19/h2-10,16,18H,11-15H2,1H3,(H,26,29)/b8-5+/t18-/m1/s1. The van der Waals surface area contributed by atoms with Gasteiger partial charge in [-0.15, -0.1) is 0 Å². The first-order valence-electron chi connectivity index (χ1n) is 9.75. The number of amides is 1. The molecular formula is C23H25ClN4O. The molecule has 2 aromatic rings. The molecule has 1 saturated heterocycles. The SMILES string of the molecule is C[C@H](C(=O)Nc1ccc(C#N)c(Cl)c1)N1CCN(C/C=C/c2ccccc2)CC1. The Hall–Kier alpha value is -2.65. The van der Waals surface area contributed by atoms with Crippen molar-refractivity contribution in [3.63, 3.8) is 0 Å². The monoisotopic (exact) mass is 408 g/mol. The molecule has 29 heavy (non-hydrogen) atoms. The predicted octanol–water partition coefficient (Wildman–Crippen LogP) is 3.87. The molecule has 0 aliphatic carbocycles. The number of carbonyl (C=O) groups excluding carboxylic acids is 1. The molecule has 3 rings (SSSR count). The van der Waals surface area contributed by atoms with Gasteiger partial charge < -0.3 is 5.32 Å². The Bertz CT molecular complexity index is 899. The number of carbonyl (C=O) groups is 1. The summed E-state index contributed by atoms with van der Waals surface area (Å²) in [5.41, 5.74) is 2.21. The van der Waals surface area contributed by atoms with Crippen LogP contribution in [0.4, 0.5) is 5.69 Å². The topological polar surface area (TPSA) is 59.4 Å². The molecule has 0 bridgehead atoms. The van der Waals surface area contributed by atoms with E-state index in [-0.39, 0.29) is 11.9 Å². The number of nitrogens with one attached hydrogen (secondary N) is 1. The number of halogens is 1.